The predicted molar refractivity (Wildman–Crippen MR) is 104 cm³/mol. The lowest BCUT2D eigenvalue weighted by molar-refractivity contribution is -0.154. The van der Waals surface area contributed by atoms with Gasteiger partial charge in [-0.15, -0.1) is 0 Å². The Labute approximate surface area is 172 Å². The predicted octanol–water partition coefficient (Wildman–Crippen LogP) is 0.993. The smallest absolute Gasteiger partial charge is 0.326 e. The third kappa shape index (κ3) is 3.40. The number of esters is 1. The Morgan fingerprint density at radius 3 is 2.33 bits per heavy atom. The zero-order valence-electron chi connectivity index (χ0n) is 16.6. The van der Waals surface area contributed by atoms with Crippen molar-refractivity contribution in [3.8, 4) is 11.5 Å². The van der Waals surface area contributed by atoms with E-state index in [1.807, 2.05) is 12.2 Å². The van der Waals surface area contributed by atoms with Crippen molar-refractivity contribution in [2.24, 2.45) is 23.7 Å². The number of ether oxygens (including phenoxy) is 3. The zero-order valence-corrected chi connectivity index (χ0v) is 16.6. The molecule has 1 aromatic rings. The Morgan fingerprint density at radius 2 is 1.73 bits per heavy atom. The molecule has 0 spiro atoms. The second-order valence-corrected chi connectivity index (χ2v) is 7.54. The van der Waals surface area contributed by atoms with Crippen LogP contribution in [0, 0.1) is 23.7 Å². The maximum atomic E-state index is 12.6. The second-order valence-electron chi connectivity index (χ2n) is 7.54. The number of hydrogen-bond acceptors (Lipinski definition) is 7. The number of fused-ring (bicyclic) bond motifs is 5. The second kappa shape index (κ2) is 7.81. The van der Waals surface area contributed by atoms with Crippen molar-refractivity contribution in [3.63, 3.8) is 0 Å². The van der Waals surface area contributed by atoms with E-state index in [0.29, 0.717) is 17.2 Å². The van der Waals surface area contributed by atoms with Crippen LogP contribution in [0.3, 0.4) is 0 Å². The number of methoxy groups -OCH3 is 2. The van der Waals surface area contributed by atoms with Crippen LogP contribution in [0.15, 0.2) is 30.4 Å². The van der Waals surface area contributed by atoms with Crippen molar-refractivity contribution in [3.05, 3.63) is 30.4 Å². The fourth-order valence-electron chi connectivity index (χ4n) is 4.53. The number of allylic oxidation sites excluding steroid dienone is 2. The van der Waals surface area contributed by atoms with Crippen molar-refractivity contribution in [1.82, 2.24) is 4.90 Å². The third-order valence-corrected chi connectivity index (χ3v) is 5.90. The fourth-order valence-corrected chi connectivity index (χ4v) is 4.53. The molecular weight excluding hydrogens is 392 g/mol. The molecule has 1 aliphatic heterocycles. The Bertz CT molecular complexity index is 911. The molecule has 158 valence electrons. The number of carbonyl (C=O) groups is 4. The number of imide groups is 1. The monoisotopic (exact) mass is 414 g/mol. The lowest BCUT2D eigenvalue weighted by Gasteiger charge is -2.16. The molecule has 2 aliphatic carbocycles. The van der Waals surface area contributed by atoms with Crippen LogP contribution < -0.4 is 14.8 Å². The van der Waals surface area contributed by atoms with E-state index in [4.69, 9.17) is 14.2 Å². The minimum absolute atomic E-state index is 0.0720. The van der Waals surface area contributed by atoms with Gasteiger partial charge in [-0.1, -0.05) is 12.2 Å². The number of benzene rings is 1. The van der Waals surface area contributed by atoms with Gasteiger partial charge in [0.1, 0.15) is 18.0 Å². The summed E-state index contributed by atoms with van der Waals surface area (Å²) >= 11 is 0. The average molecular weight is 414 g/mol. The van der Waals surface area contributed by atoms with Crippen LogP contribution in [0.2, 0.25) is 0 Å². The average Bonchev–Trinajstić information content (AvgIpc) is 3.42. The summed E-state index contributed by atoms with van der Waals surface area (Å²) in [5.74, 6) is -1.69. The van der Waals surface area contributed by atoms with E-state index < -0.39 is 25.0 Å². The molecule has 3 aliphatic rings. The van der Waals surface area contributed by atoms with Crippen molar-refractivity contribution in [2.75, 3.05) is 32.7 Å². The molecule has 9 heteroatoms. The van der Waals surface area contributed by atoms with E-state index >= 15 is 0 Å². The minimum Gasteiger partial charge on any atom is -0.497 e. The number of nitrogens with one attached hydrogen (secondary N) is 1. The molecule has 3 amide bonds. The van der Waals surface area contributed by atoms with Gasteiger partial charge >= 0.3 is 5.97 Å². The molecule has 2 fully saturated rings. The van der Waals surface area contributed by atoms with E-state index in [1.165, 1.54) is 14.2 Å². The van der Waals surface area contributed by atoms with Gasteiger partial charge in [0.2, 0.25) is 11.8 Å². The van der Waals surface area contributed by atoms with Gasteiger partial charge in [-0.3, -0.25) is 24.1 Å². The molecule has 0 radical (unpaired) electrons. The highest BCUT2D eigenvalue weighted by Crippen LogP contribution is 2.52. The van der Waals surface area contributed by atoms with E-state index in [1.54, 1.807) is 18.2 Å². The Hall–Kier alpha value is -3.36. The highest BCUT2D eigenvalue weighted by Gasteiger charge is 2.59. The zero-order chi connectivity index (χ0) is 21.4. The molecule has 4 atom stereocenters. The third-order valence-electron chi connectivity index (χ3n) is 5.90. The maximum absolute atomic E-state index is 12.6. The lowest BCUT2D eigenvalue weighted by atomic mass is 9.85. The molecule has 1 saturated carbocycles. The van der Waals surface area contributed by atoms with Gasteiger partial charge in [-0.05, 0) is 30.4 Å². The highest BCUT2D eigenvalue weighted by atomic mass is 16.5. The van der Waals surface area contributed by atoms with Crippen LogP contribution in [0.5, 0.6) is 11.5 Å². The van der Waals surface area contributed by atoms with Gasteiger partial charge < -0.3 is 19.5 Å². The Morgan fingerprint density at radius 1 is 1.07 bits per heavy atom. The van der Waals surface area contributed by atoms with E-state index in [0.717, 1.165) is 11.3 Å². The number of amides is 3. The number of likely N-dealkylation sites (tertiary alicyclic amines) is 1. The molecule has 30 heavy (non-hydrogen) atoms. The van der Waals surface area contributed by atoms with Crippen LogP contribution in [0.25, 0.3) is 0 Å². The molecule has 1 aromatic carbocycles. The topological polar surface area (TPSA) is 111 Å². The lowest BCUT2D eigenvalue weighted by Crippen LogP contribution is -2.38. The molecule has 9 nitrogen and oxygen atoms in total. The summed E-state index contributed by atoms with van der Waals surface area (Å²) in [6.07, 6.45) is 4.79. The van der Waals surface area contributed by atoms with Gasteiger partial charge in [-0.2, -0.15) is 0 Å². The molecule has 1 N–H and O–H groups in total. The first-order valence-corrected chi connectivity index (χ1v) is 9.64. The molecular formula is C21H22N2O7. The summed E-state index contributed by atoms with van der Waals surface area (Å²) in [6, 6.07) is 4.85. The normalized spacial score (nSPS) is 26.0. The van der Waals surface area contributed by atoms with Gasteiger partial charge in [0.25, 0.3) is 5.91 Å². The maximum Gasteiger partial charge on any atom is 0.326 e. The van der Waals surface area contributed by atoms with E-state index in [-0.39, 0.29) is 35.5 Å². The van der Waals surface area contributed by atoms with Crippen molar-refractivity contribution >= 4 is 29.4 Å². The highest BCUT2D eigenvalue weighted by molar-refractivity contribution is 6.08. The molecule has 0 aromatic heterocycles. The quantitative estimate of drug-likeness (QED) is 0.402. The minimum atomic E-state index is -0.811. The number of rotatable bonds is 7. The standard InChI is InChI=1S/C21H22N2O7/c1-28-13-5-6-14(15(8-13)29-2)22-16(24)10-30-17(25)9-23-20(26)18-11-3-4-12(7-11)19(18)21(23)27/h3-6,8,11-12,18-19H,7,9-10H2,1-2H3,(H,22,24)/t11-,12-,18+,19+/m0/s1. The summed E-state index contributed by atoms with van der Waals surface area (Å²) in [5.41, 5.74) is 0.389. The number of anilines is 1. The molecule has 1 saturated heterocycles. The Kier molecular flexibility index (Phi) is 5.19. The van der Waals surface area contributed by atoms with Gasteiger partial charge in [-0.25, -0.2) is 0 Å². The summed E-state index contributed by atoms with van der Waals surface area (Å²) in [5, 5.41) is 2.58. The van der Waals surface area contributed by atoms with Gasteiger partial charge in [0.15, 0.2) is 6.61 Å². The SMILES string of the molecule is COc1ccc(NC(=O)COC(=O)CN2C(=O)[C@H]3[C@H](C2=O)[C@H]2C=C[C@H]3C2)c(OC)c1. The summed E-state index contributed by atoms with van der Waals surface area (Å²) in [4.78, 5) is 50.4. The van der Waals surface area contributed by atoms with Crippen molar-refractivity contribution in [1.29, 1.82) is 0 Å². The van der Waals surface area contributed by atoms with Crippen LogP contribution >= 0.6 is 0 Å². The Balaban J connectivity index is 1.30. The fraction of sp³-hybridized carbons (Fsp3) is 0.429. The largest absolute Gasteiger partial charge is 0.497 e. The first kappa shape index (κ1) is 19.9. The number of nitrogens with zero attached hydrogens (tertiary/aromatic N) is 1. The molecule has 0 unspecified atom stereocenters. The van der Waals surface area contributed by atoms with Gasteiger partial charge in [0.05, 0.1) is 31.7 Å². The van der Waals surface area contributed by atoms with Crippen LogP contribution in [-0.4, -0.2) is 56.0 Å². The van der Waals surface area contributed by atoms with E-state index in [2.05, 4.69) is 5.32 Å². The van der Waals surface area contributed by atoms with Crippen LogP contribution in [0.4, 0.5) is 5.69 Å². The summed E-state index contributed by atoms with van der Waals surface area (Å²) in [6.45, 7) is -1.03. The molecule has 2 bridgehead atoms. The van der Waals surface area contributed by atoms with Gasteiger partial charge in [0, 0.05) is 6.07 Å². The first-order valence-electron chi connectivity index (χ1n) is 9.64. The molecule has 4 rings (SSSR count). The van der Waals surface area contributed by atoms with Crippen molar-refractivity contribution in [2.45, 2.75) is 6.42 Å². The van der Waals surface area contributed by atoms with E-state index in [9.17, 15) is 19.2 Å². The van der Waals surface area contributed by atoms with Crippen LogP contribution in [-0.2, 0) is 23.9 Å². The number of hydrogen-bond donors (Lipinski definition) is 1. The summed E-state index contributed by atoms with van der Waals surface area (Å²) < 4.78 is 15.3. The summed E-state index contributed by atoms with van der Waals surface area (Å²) in [7, 11) is 2.96. The van der Waals surface area contributed by atoms with Crippen LogP contribution in [0.1, 0.15) is 6.42 Å². The number of carbonyl (C=O) groups excluding carboxylic acids is 4. The molecule has 1 heterocycles. The van der Waals surface area contributed by atoms with Crippen molar-refractivity contribution < 1.29 is 33.4 Å². The first-order chi connectivity index (χ1) is 14.4.